The fourth-order valence-corrected chi connectivity index (χ4v) is 3.74. The molecule has 0 aliphatic heterocycles. The van der Waals surface area contributed by atoms with E-state index in [2.05, 4.69) is 13.8 Å². The highest BCUT2D eigenvalue weighted by atomic mass is 28.3. The maximum atomic E-state index is 6.02. The first-order valence-corrected chi connectivity index (χ1v) is 8.08. The lowest BCUT2D eigenvalue weighted by atomic mass is 9.90. The van der Waals surface area contributed by atoms with Crippen molar-refractivity contribution in [3.8, 4) is 0 Å². The molecule has 0 amide bonds. The molecule has 1 aliphatic rings. The van der Waals surface area contributed by atoms with Crippen LogP contribution in [0.15, 0.2) is 0 Å². The van der Waals surface area contributed by atoms with Crippen LogP contribution < -0.4 is 0 Å². The Labute approximate surface area is 84.6 Å². The highest BCUT2D eigenvalue weighted by Gasteiger charge is 2.15. The zero-order chi connectivity index (χ0) is 9.52. The normalized spacial score (nSPS) is 19.6. The van der Waals surface area contributed by atoms with Crippen LogP contribution in [-0.4, -0.2) is 15.6 Å². The Morgan fingerprint density at radius 2 is 1.69 bits per heavy atom. The van der Waals surface area contributed by atoms with Crippen molar-refractivity contribution in [2.45, 2.75) is 58.0 Å². The van der Waals surface area contributed by atoms with Crippen molar-refractivity contribution < 1.29 is 4.43 Å². The summed E-state index contributed by atoms with van der Waals surface area (Å²) in [5.74, 6) is 0.904. The lowest BCUT2D eigenvalue weighted by Gasteiger charge is -2.23. The Bertz CT molecular complexity index is 117. The Hall–Kier alpha value is 0.177. The summed E-state index contributed by atoms with van der Waals surface area (Å²) < 4.78 is 6.02. The van der Waals surface area contributed by atoms with E-state index in [1.807, 2.05) is 0 Å². The molecule has 1 nitrogen and oxygen atoms in total. The molecule has 1 aliphatic carbocycles. The first kappa shape index (κ1) is 11.3. The van der Waals surface area contributed by atoms with Gasteiger partial charge in [0.15, 0.2) is 9.04 Å². The number of rotatable bonds is 5. The monoisotopic (exact) mass is 200 g/mol. The van der Waals surface area contributed by atoms with Crippen molar-refractivity contribution in [2.75, 3.05) is 6.61 Å². The van der Waals surface area contributed by atoms with Gasteiger partial charge in [-0.1, -0.05) is 33.1 Å². The second-order valence-corrected chi connectivity index (χ2v) is 7.49. The summed E-state index contributed by atoms with van der Waals surface area (Å²) in [6.07, 6.45) is 7.19. The van der Waals surface area contributed by atoms with Gasteiger partial charge in [0.2, 0.25) is 0 Å². The number of hydrogen-bond donors (Lipinski definition) is 0. The molecule has 2 heteroatoms. The summed E-state index contributed by atoms with van der Waals surface area (Å²) in [7, 11) is -0.763. The van der Waals surface area contributed by atoms with Gasteiger partial charge in [-0.15, -0.1) is 0 Å². The van der Waals surface area contributed by atoms with E-state index in [0.29, 0.717) is 0 Å². The second kappa shape index (κ2) is 6.60. The molecule has 0 radical (unpaired) electrons. The van der Waals surface area contributed by atoms with Gasteiger partial charge in [-0.2, -0.15) is 0 Å². The lowest BCUT2D eigenvalue weighted by Crippen LogP contribution is -2.21. The van der Waals surface area contributed by atoms with Gasteiger partial charge in [-0.25, -0.2) is 0 Å². The fourth-order valence-electron chi connectivity index (χ4n) is 2.15. The van der Waals surface area contributed by atoms with Gasteiger partial charge >= 0.3 is 0 Å². The topological polar surface area (TPSA) is 9.23 Å². The van der Waals surface area contributed by atoms with Crippen molar-refractivity contribution in [1.82, 2.24) is 0 Å². The molecule has 0 heterocycles. The largest absolute Gasteiger partial charge is 0.420 e. The molecule has 13 heavy (non-hydrogen) atoms. The van der Waals surface area contributed by atoms with E-state index < -0.39 is 9.04 Å². The molecule has 1 rings (SSSR count). The molecule has 0 aromatic rings. The number of hydrogen-bond acceptors (Lipinski definition) is 1. The van der Waals surface area contributed by atoms with Crippen LogP contribution in [0.5, 0.6) is 0 Å². The third-order valence-corrected chi connectivity index (χ3v) is 5.69. The summed E-state index contributed by atoms with van der Waals surface area (Å²) in [5, 5.41) is 0. The SMILES string of the molecule is CC[SiH](CC)OCC1CCCCC1. The van der Waals surface area contributed by atoms with E-state index in [4.69, 9.17) is 4.43 Å². The van der Waals surface area contributed by atoms with Crippen molar-refractivity contribution in [3.63, 3.8) is 0 Å². The van der Waals surface area contributed by atoms with Gasteiger partial charge in [0.1, 0.15) is 0 Å². The Kier molecular flexibility index (Phi) is 5.72. The molecule has 0 aromatic carbocycles. The predicted octanol–water partition coefficient (Wildman–Crippen LogP) is 3.35. The average molecular weight is 200 g/mol. The summed E-state index contributed by atoms with van der Waals surface area (Å²) in [5.41, 5.74) is 0. The maximum absolute atomic E-state index is 6.02. The molecule has 0 aromatic heterocycles. The zero-order valence-electron chi connectivity index (χ0n) is 9.22. The van der Waals surface area contributed by atoms with Crippen LogP contribution in [0.25, 0.3) is 0 Å². The molecule has 0 saturated heterocycles. The van der Waals surface area contributed by atoms with Gasteiger partial charge in [0, 0.05) is 6.61 Å². The molecule has 0 spiro atoms. The van der Waals surface area contributed by atoms with Gasteiger partial charge in [0.05, 0.1) is 0 Å². The smallest absolute Gasteiger partial charge is 0.176 e. The van der Waals surface area contributed by atoms with Gasteiger partial charge in [-0.3, -0.25) is 0 Å². The van der Waals surface area contributed by atoms with Crippen molar-refractivity contribution in [3.05, 3.63) is 0 Å². The Morgan fingerprint density at radius 3 is 2.23 bits per heavy atom. The molecule has 0 N–H and O–H groups in total. The van der Waals surface area contributed by atoms with E-state index in [0.717, 1.165) is 12.5 Å². The van der Waals surface area contributed by atoms with Crippen molar-refractivity contribution in [1.29, 1.82) is 0 Å². The summed E-state index contributed by atoms with van der Waals surface area (Å²) in [6.45, 7) is 5.64. The standard InChI is InChI=1S/C11H24OSi/c1-3-13(4-2)12-10-11-8-6-5-7-9-11/h11,13H,3-10H2,1-2H3. The minimum absolute atomic E-state index is 0.763. The maximum Gasteiger partial charge on any atom is 0.176 e. The van der Waals surface area contributed by atoms with E-state index >= 15 is 0 Å². The summed E-state index contributed by atoms with van der Waals surface area (Å²) in [4.78, 5) is 0. The van der Waals surface area contributed by atoms with Crippen LogP contribution in [0.3, 0.4) is 0 Å². The van der Waals surface area contributed by atoms with Crippen molar-refractivity contribution in [2.24, 2.45) is 5.92 Å². The van der Waals surface area contributed by atoms with Crippen LogP contribution in [0, 0.1) is 5.92 Å². The molecule has 1 fully saturated rings. The highest BCUT2D eigenvalue weighted by molar-refractivity contribution is 6.51. The molecule has 78 valence electrons. The molecule has 0 atom stereocenters. The van der Waals surface area contributed by atoms with E-state index in [1.165, 1.54) is 44.2 Å². The third-order valence-electron chi connectivity index (χ3n) is 3.20. The molecule has 0 bridgehead atoms. The predicted molar refractivity (Wildman–Crippen MR) is 60.6 cm³/mol. The van der Waals surface area contributed by atoms with Gasteiger partial charge in [-0.05, 0) is 30.8 Å². The van der Waals surface area contributed by atoms with Crippen LogP contribution in [-0.2, 0) is 4.43 Å². The molecular weight excluding hydrogens is 176 g/mol. The Balaban J connectivity index is 2.09. The van der Waals surface area contributed by atoms with Gasteiger partial charge in [0.25, 0.3) is 0 Å². The van der Waals surface area contributed by atoms with Crippen LogP contribution in [0.1, 0.15) is 46.0 Å². The quantitative estimate of drug-likeness (QED) is 0.618. The van der Waals surface area contributed by atoms with Gasteiger partial charge < -0.3 is 4.43 Å². The third kappa shape index (κ3) is 4.27. The average Bonchev–Trinajstić information content (AvgIpc) is 2.21. The zero-order valence-corrected chi connectivity index (χ0v) is 10.4. The first-order valence-electron chi connectivity index (χ1n) is 5.98. The van der Waals surface area contributed by atoms with Crippen LogP contribution in [0.4, 0.5) is 0 Å². The first-order chi connectivity index (χ1) is 6.36. The summed E-state index contributed by atoms with van der Waals surface area (Å²) in [6, 6.07) is 2.62. The van der Waals surface area contributed by atoms with E-state index in [9.17, 15) is 0 Å². The molecule has 1 saturated carbocycles. The minimum atomic E-state index is -0.763. The van der Waals surface area contributed by atoms with Crippen LogP contribution in [0.2, 0.25) is 12.1 Å². The van der Waals surface area contributed by atoms with E-state index in [1.54, 1.807) is 0 Å². The van der Waals surface area contributed by atoms with Crippen LogP contribution >= 0.6 is 0 Å². The summed E-state index contributed by atoms with van der Waals surface area (Å²) >= 11 is 0. The van der Waals surface area contributed by atoms with E-state index in [-0.39, 0.29) is 0 Å². The highest BCUT2D eigenvalue weighted by Crippen LogP contribution is 2.24. The molecule has 0 unspecified atom stereocenters. The van der Waals surface area contributed by atoms with Crippen molar-refractivity contribution >= 4 is 9.04 Å². The second-order valence-electron chi connectivity index (χ2n) is 4.28. The fraction of sp³-hybridized carbons (Fsp3) is 1.00. The molecular formula is C11H24OSi. The lowest BCUT2D eigenvalue weighted by molar-refractivity contribution is 0.208. The Morgan fingerprint density at radius 1 is 1.08 bits per heavy atom. The minimum Gasteiger partial charge on any atom is -0.420 e.